The molecule has 0 aliphatic heterocycles. The van der Waals surface area contributed by atoms with E-state index in [4.69, 9.17) is 5.11 Å². The molecule has 0 aliphatic carbocycles. The molecule has 2 aromatic carbocycles. The Kier molecular flexibility index (Phi) is 9.51. The summed E-state index contributed by atoms with van der Waals surface area (Å²) in [6, 6.07) is 18.7. The Hall–Kier alpha value is -3.34. The summed E-state index contributed by atoms with van der Waals surface area (Å²) in [6.07, 6.45) is 4.07. The number of hydrogen-bond donors (Lipinski definition) is 2. The molecular formula is C31H40N2O3. The Morgan fingerprint density at radius 1 is 1.03 bits per heavy atom. The van der Waals surface area contributed by atoms with Crippen LogP contribution in [0.15, 0.2) is 54.6 Å². The molecule has 36 heavy (non-hydrogen) atoms. The van der Waals surface area contributed by atoms with Crippen molar-refractivity contribution in [2.24, 2.45) is 13.0 Å². The first-order chi connectivity index (χ1) is 17.2. The summed E-state index contributed by atoms with van der Waals surface area (Å²) in [7, 11) is 1.96. The van der Waals surface area contributed by atoms with Gasteiger partial charge in [0.05, 0.1) is 6.04 Å². The van der Waals surface area contributed by atoms with Gasteiger partial charge in [0.1, 0.15) is 0 Å². The summed E-state index contributed by atoms with van der Waals surface area (Å²) in [5.74, 6) is -0.158. The van der Waals surface area contributed by atoms with E-state index in [1.54, 1.807) is 0 Å². The van der Waals surface area contributed by atoms with Crippen molar-refractivity contribution in [1.29, 1.82) is 0 Å². The average Bonchev–Trinajstić information content (AvgIpc) is 3.17. The third-order valence-electron chi connectivity index (χ3n) is 6.76. The number of nitrogens with one attached hydrogen (secondary N) is 1. The number of hydrogen-bond acceptors (Lipinski definition) is 3. The van der Waals surface area contributed by atoms with Crippen molar-refractivity contribution in [3.05, 3.63) is 88.2 Å². The number of nitrogens with zero attached hydrogens (tertiary/aromatic N) is 1. The molecule has 0 saturated heterocycles. The molecule has 1 atom stereocenters. The Bertz CT molecular complexity index is 1180. The maximum atomic E-state index is 13.5. The molecule has 1 aromatic heterocycles. The monoisotopic (exact) mass is 488 g/mol. The van der Waals surface area contributed by atoms with Crippen LogP contribution in [0.2, 0.25) is 0 Å². The predicted octanol–water partition coefficient (Wildman–Crippen LogP) is 6.99. The highest BCUT2D eigenvalue weighted by atomic mass is 16.4. The highest BCUT2D eigenvalue weighted by Crippen LogP contribution is 2.26. The first-order valence-electron chi connectivity index (χ1n) is 13.1. The van der Waals surface area contributed by atoms with E-state index in [9.17, 15) is 9.59 Å². The number of carbonyl (C=O) groups is 2. The zero-order chi connectivity index (χ0) is 26.2. The zero-order valence-electron chi connectivity index (χ0n) is 22.3. The van der Waals surface area contributed by atoms with Crippen molar-refractivity contribution in [2.75, 3.05) is 5.32 Å². The second-order valence-electron chi connectivity index (χ2n) is 10.0. The molecule has 1 heterocycles. The van der Waals surface area contributed by atoms with Gasteiger partial charge < -0.3 is 15.0 Å². The fourth-order valence-corrected chi connectivity index (χ4v) is 4.87. The quantitative estimate of drug-likeness (QED) is 0.254. The molecule has 0 bridgehead atoms. The average molecular weight is 489 g/mol. The minimum Gasteiger partial charge on any atom is -0.481 e. The summed E-state index contributed by atoms with van der Waals surface area (Å²) in [5.41, 5.74) is 6.86. The van der Waals surface area contributed by atoms with Gasteiger partial charge in [-0.25, -0.2) is 0 Å². The van der Waals surface area contributed by atoms with Crippen LogP contribution in [0.1, 0.15) is 91.4 Å². The zero-order valence-corrected chi connectivity index (χ0v) is 22.3. The summed E-state index contributed by atoms with van der Waals surface area (Å²) in [5, 5.41) is 12.6. The molecule has 5 nitrogen and oxygen atoms in total. The minimum absolute atomic E-state index is 0.00155. The van der Waals surface area contributed by atoms with Crippen molar-refractivity contribution >= 4 is 17.4 Å². The van der Waals surface area contributed by atoms with E-state index in [0.717, 1.165) is 36.3 Å². The molecule has 5 heteroatoms. The number of rotatable bonds is 13. The van der Waals surface area contributed by atoms with E-state index in [-0.39, 0.29) is 18.2 Å². The van der Waals surface area contributed by atoms with E-state index in [1.165, 1.54) is 11.1 Å². The second-order valence-corrected chi connectivity index (χ2v) is 10.0. The van der Waals surface area contributed by atoms with Crippen LogP contribution in [-0.2, 0) is 31.1 Å². The van der Waals surface area contributed by atoms with E-state index in [0.29, 0.717) is 29.9 Å². The lowest BCUT2D eigenvalue weighted by molar-refractivity contribution is -0.137. The lowest BCUT2D eigenvalue weighted by atomic mass is 9.98. The molecule has 0 fully saturated rings. The molecule has 3 rings (SSSR count). The van der Waals surface area contributed by atoms with E-state index in [2.05, 4.69) is 50.4 Å². The topological polar surface area (TPSA) is 71.3 Å². The van der Waals surface area contributed by atoms with Crippen LogP contribution < -0.4 is 5.32 Å². The number of aromatic nitrogens is 1. The second kappa shape index (κ2) is 12.6. The van der Waals surface area contributed by atoms with Gasteiger partial charge in [0.15, 0.2) is 5.78 Å². The van der Waals surface area contributed by atoms with Crippen LogP contribution in [0, 0.1) is 5.92 Å². The standard InChI is InChI=1S/C31H40N2O3/c1-6-28(23-16-14-22(15-17-23)18-21(3)4)32-25-11-8-10-24(19-25)31(36)27-20-26(12-9-13-30(34)35)33(5)29(27)7-2/h8,10-11,14-17,19-21,28,32H,6-7,9,12-13,18H2,1-5H3,(H,34,35). The fourth-order valence-electron chi connectivity index (χ4n) is 4.87. The Balaban J connectivity index is 1.79. The highest BCUT2D eigenvalue weighted by Gasteiger charge is 2.20. The number of benzene rings is 2. The van der Waals surface area contributed by atoms with Crippen LogP contribution in [0.25, 0.3) is 0 Å². The number of carboxylic acids is 1. The predicted molar refractivity (Wildman–Crippen MR) is 147 cm³/mol. The van der Waals surface area contributed by atoms with Crippen molar-refractivity contribution < 1.29 is 14.7 Å². The van der Waals surface area contributed by atoms with Crippen LogP contribution >= 0.6 is 0 Å². The summed E-state index contributed by atoms with van der Waals surface area (Å²) in [6.45, 7) is 8.68. The molecule has 0 radical (unpaired) electrons. The van der Waals surface area contributed by atoms with Gasteiger partial charge in [0, 0.05) is 41.7 Å². The van der Waals surface area contributed by atoms with E-state index in [1.807, 2.05) is 48.9 Å². The van der Waals surface area contributed by atoms with Gasteiger partial charge in [0.25, 0.3) is 0 Å². The first-order valence-corrected chi connectivity index (χ1v) is 13.1. The molecule has 192 valence electrons. The van der Waals surface area contributed by atoms with Crippen LogP contribution in [-0.4, -0.2) is 21.4 Å². The molecule has 0 aliphatic rings. The van der Waals surface area contributed by atoms with E-state index >= 15 is 0 Å². The summed E-state index contributed by atoms with van der Waals surface area (Å²) in [4.78, 5) is 24.4. The van der Waals surface area contributed by atoms with Crippen molar-refractivity contribution in [3.8, 4) is 0 Å². The largest absolute Gasteiger partial charge is 0.481 e. The lowest BCUT2D eigenvalue weighted by Crippen LogP contribution is -2.11. The third-order valence-corrected chi connectivity index (χ3v) is 6.76. The Labute approximate surface area is 215 Å². The maximum absolute atomic E-state index is 13.5. The molecule has 1 unspecified atom stereocenters. The normalized spacial score (nSPS) is 12.1. The van der Waals surface area contributed by atoms with Gasteiger partial charge >= 0.3 is 5.97 Å². The van der Waals surface area contributed by atoms with Gasteiger partial charge in [0.2, 0.25) is 0 Å². The molecule has 0 amide bonds. The van der Waals surface area contributed by atoms with Crippen molar-refractivity contribution in [3.63, 3.8) is 0 Å². The van der Waals surface area contributed by atoms with Gasteiger partial charge in [-0.3, -0.25) is 9.59 Å². The molecule has 2 N–H and O–H groups in total. The number of carbonyl (C=O) groups excluding carboxylic acids is 1. The summed E-state index contributed by atoms with van der Waals surface area (Å²) >= 11 is 0. The molecule has 0 spiro atoms. The van der Waals surface area contributed by atoms with E-state index < -0.39 is 5.97 Å². The number of carboxylic acid groups (broad SMARTS) is 1. The first kappa shape index (κ1) is 27.3. The maximum Gasteiger partial charge on any atom is 0.303 e. The van der Waals surface area contributed by atoms with Crippen LogP contribution in [0.4, 0.5) is 5.69 Å². The van der Waals surface area contributed by atoms with Gasteiger partial charge in [-0.1, -0.05) is 64.1 Å². The fraction of sp³-hybridized carbons (Fsp3) is 0.419. The Morgan fingerprint density at radius 2 is 1.75 bits per heavy atom. The van der Waals surface area contributed by atoms with Gasteiger partial charge in [-0.2, -0.15) is 0 Å². The minimum atomic E-state index is -0.794. The third kappa shape index (κ3) is 6.87. The number of anilines is 1. The highest BCUT2D eigenvalue weighted by molar-refractivity contribution is 6.10. The Morgan fingerprint density at radius 3 is 2.36 bits per heavy atom. The number of aliphatic carboxylic acids is 1. The smallest absolute Gasteiger partial charge is 0.303 e. The van der Waals surface area contributed by atoms with Crippen molar-refractivity contribution in [1.82, 2.24) is 4.57 Å². The van der Waals surface area contributed by atoms with Gasteiger partial charge in [-0.05, 0) is 67.3 Å². The molecule has 0 saturated carbocycles. The number of ketones is 1. The number of aryl methyl sites for hydroxylation is 1. The van der Waals surface area contributed by atoms with Crippen LogP contribution in [0.5, 0.6) is 0 Å². The van der Waals surface area contributed by atoms with Crippen LogP contribution in [0.3, 0.4) is 0 Å². The molecule has 3 aromatic rings. The summed E-state index contributed by atoms with van der Waals surface area (Å²) < 4.78 is 2.05. The van der Waals surface area contributed by atoms with Gasteiger partial charge in [-0.15, -0.1) is 0 Å². The molecular weight excluding hydrogens is 448 g/mol. The van der Waals surface area contributed by atoms with Crippen molar-refractivity contribution in [2.45, 2.75) is 72.3 Å². The lowest BCUT2D eigenvalue weighted by Gasteiger charge is -2.20. The SMILES string of the molecule is CCc1c(C(=O)c2cccc(NC(CC)c3ccc(CC(C)C)cc3)c2)cc(CCCC(=O)O)n1C.